The Labute approximate surface area is 165 Å². The molecular weight excluding hydrogens is 348 g/mol. The average Bonchev–Trinajstić information content (AvgIpc) is 3.23. The van der Waals surface area contributed by atoms with E-state index in [0.717, 1.165) is 46.7 Å². The van der Waals surface area contributed by atoms with Crippen molar-refractivity contribution in [1.82, 2.24) is 9.97 Å². The first-order chi connectivity index (χ1) is 13.8. The van der Waals surface area contributed by atoms with Crippen molar-refractivity contribution in [2.45, 2.75) is 38.2 Å². The Balaban J connectivity index is 1.71. The second kappa shape index (κ2) is 8.26. The number of aromatic nitrogens is 2. The van der Waals surface area contributed by atoms with Crippen molar-refractivity contribution < 1.29 is 9.53 Å². The van der Waals surface area contributed by atoms with Crippen LogP contribution in [-0.4, -0.2) is 15.8 Å². The number of carbonyl (C=O) groups is 1. The fourth-order valence-electron chi connectivity index (χ4n) is 3.89. The van der Waals surface area contributed by atoms with Gasteiger partial charge in [-0.1, -0.05) is 36.4 Å². The molecule has 0 aliphatic heterocycles. The molecule has 4 nitrogen and oxygen atoms in total. The topological polar surface area (TPSA) is 55.0 Å². The van der Waals surface area contributed by atoms with Gasteiger partial charge >= 0.3 is 0 Å². The first kappa shape index (κ1) is 18.2. The summed E-state index contributed by atoms with van der Waals surface area (Å²) in [6.45, 7) is 3.91. The van der Waals surface area contributed by atoms with E-state index in [1.807, 2.05) is 42.6 Å². The van der Waals surface area contributed by atoms with E-state index in [1.54, 1.807) is 6.20 Å². The molecule has 0 bridgehead atoms. The zero-order valence-corrected chi connectivity index (χ0v) is 15.9. The van der Waals surface area contributed by atoms with Crippen LogP contribution in [0.15, 0.2) is 67.5 Å². The molecule has 0 saturated carbocycles. The van der Waals surface area contributed by atoms with Crippen molar-refractivity contribution in [1.29, 1.82) is 0 Å². The first-order valence-corrected chi connectivity index (χ1v) is 9.75. The number of allylic oxidation sites excluding steroid dienone is 1. The van der Waals surface area contributed by atoms with Crippen LogP contribution < -0.4 is 4.74 Å². The van der Waals surface area contributed by atoms with Crippen LogP contribution in [0.4, 0.5) is 0 Å². The lowest BCUT2D eigenvalue weighted by Crippen LogP contribution is -2.17. The summed E-state index contributed by atoms with van der Waals surface area (Å²) >= 11 is 0. The van der Waals surface area contributed by atoms with Gasteiger partial charge in [-0.15, -0.1) is 6.58 Å². The van der Waals surface area contributed by atoms with Crippen molar-refractivity contribution in [3.05, 3.63) is 95.6 Å². The van der Waals surface area contributed by atoms with Crippen molar-refractivity contribution in [3.8, 4) is 5.75 Å². The summed E-state index contributed by atoms with van der Waals surface area (Å²) in [6.07, 6.45) is 9.05. The standard InChI is InChI=1S/C24H24N2O2/c1-2-7-20-18-10-6-11-21(27)19(18)12-13-22(20)28-23(16-24-25-14-15-26-24)17-8-4-3-5-9-17/h2-5,8-9,12-15,23H,1,6-7,10-11,16H2,(H,25,26)/t23-/m0/s1. The number of nitrogens with zero attached hydrogens (tertiary/aromatic N) is 1. The summed E-state index contributed by atoms with van der Waals surface area (Å²) in [5.41, 5.74) is 4.15. The number of benzene rings is 2. The molecule has 1 aliphatic carbocycles. The van der Waals surface area contributed by atoms with Gasteiger partial charge in [0.1, 0.15) is 17.7 Å². The molecule has 1 N–H and O–H groups in total. The fraction of sp³-hybridized carbons (Fsp3) is 0.250. The molecule has 1 aliphatic rings. The van der Waals surface area contributed by atoms with Crippen LogP contribution in [0, 0.1) is 0 Å². The van der Waals surface area contributed by atoms with Crippen LogP contribution in [0.2, 0.25) is 0 Å². The van der Waals surface area contributed by atoms with E-state index in [2.05, 4.69) is 28.7 Å². The van der Waals surface area contributed by atoms with Crippen molar-refractivity contribution >= 4 is 5.78 Å². The first-order valence-electron chi connectivity index (χ1n) is 9.75. The molecule has 0 spiro atoms. The van der Waals surface area contributed by atoms with E-state index < -0.39 is 0 Å². The minimum atomic E-state index is -0.173. The van der Waals surface area contributed by atoms with E-state index >= 15 is 0 Å². The highest BCUT2D eigenvalue weighted by molar-refractivity contribution is 5.99. The quantitative estimate of drug-likeness (QED) is 0.593. The number of ether oxygens (including phenoxy) is 1. The highest BCUT2D eigenvalue weighted by atomic mass is 16.5. The molecule has 2 aromatic carbocycles. The van der Waals surface area contributed by atoms with Gasteiger partial charge in [-0.25, -0.2) is 4.98 Å². The van der Waals surface area contributed by atoms with Gasteiger partial charge in [-0.3, -0.25) is 4.79 Å². The van der Waals surface area contributed by atoms with E-state index in [0.29, 0.717) is 19.3 Å². The lowest BCUT2D eigenvalue weighted by atomic mass is 9.86. The smallest absolute Gasteiger partial charge is 0.163 e. The molecule has 1 aromatic heterocycles. The third kappa shape index (κ3) is 3.77. The third-order valence-corrected chi connectivity index (χ3v) is 5.24. The maximum Gasteiger partial charge on any atom is 0.163 e. The summed E-state index contributed by atoms with van der Waals surface area (Å²) in [7, 11) is 0. The largest absolute Gasteiger partial charge is 0.485 e. The maximum atomic E-state index is 12.3. The van der Waals surface area contributed by atoms with Crippen LogP contribution in [0.3, 0.4) is 0 Å². The molecule has 28 heavy (non-hydrogen) atoms. The van der Waals surface area contributed by atoms with Gasteiger partial charge in [-0.05, 0) is 42.5 Å². The number of hydrogen-bond acceptors (Lipinski definition) is 3. The Bertz CT molecular complexity index is 962. The number of nitrogens with one attached hydrogen (secondary N) is 1. The van der Waals surface area contributed by atoms with Gasteiger partial charge in [0.15, 0.2) is 5.78 Å². The van der Waals surface area contributed by atoms with Gasteiger partial charge in [0.25, 0.3) is 0 Å². The molecular formula is C24H24N2O2. The van der Waals surface area contributed by atoms with Crippen molar-refractivity contribution in [2.75, 3.05) is 0 Å². The third-order valence-electron chi connectivity index (χ3n) is 5.24. The molecule has 4 rings (SSSR count). The van der Waals surface area contributed by atoms with Crippen LogP contribution in [-0.2, 0) is 19.3 Å². The number of H-pyrrole nitrogens is 1. The van der Waals surface area contributed by atoms with Crippen LogP contribution >= 0.6 is 0 Å². The van der Waals surface area contributed by atoms with Crippen LogP contribution in [0.1, 0.15) is 51.8 Å². The normalized spacial score (nSPS) is 14.4. The number of Topliss-reactive ketones (excluding diaryl/α,β-unsaturated/α-hetero) is 1. The summed E-state index contributed by atoms with van der Waals surface area (Å²) < 4.78 is 6.54. The molecule has 0 unspecified atom stereocenters. The van der Waals surface area contributed by atoms with Gasteiger partial charge in [0.05, 0.1) is 0 Å². The summed E-state index contributed by atoms with van der Waals surface area (Å²) in [5.74, 6) is 1.94. The zero-order chi connectivity index (χ0) is 19.3. The van der Waals surface area contributed by atoms with E-state index in [4.69, 9.17) is 4.74 Å². The van der Waals surface area contributed by atoms with Gasteiger partial charge in [0.2, 0.25) is 0 Å². The van der Waals surface area contributed by atoms with Gasteiger partial charge in [-0.2, -0.15) is 0 Å². The Morgan fingerprint density at radius 3 is 2.79 bits per heavy atom. The summed E-state index contributed by atoms with van der Waals surface area (Å²) in [4.78, 5) is 19.9. The van der Waals surface area contributed by atoms with E-state index in [-0.39, 0.29) is 11.9 Å². The number of aromatic amines is 1. The Morgan fingerprint density at radius 2 is 2.04 bits per heavy atom. The Kier molecular flexibility index (Phi) is 5.38. The van der Waals surface area contributed by atoms with Crippen LogP contribution in [0.5, 0.6) is 5.75 Å². The molecule has 3 aromatic rings. The van der Waals surface area contributed by atoms with Crippen molar-refractivity contribution in [3.63, 3.8) is 0 Å². The average molecular weight is 372 g/mol. The molecule has 0 radical (unpaired) electrons. The Morgan fingerprint density at radius 1 is 1.18 bits per heavy atom. The molecule has 142 valence electrons. The van der Waals surface area contributed by atoms with Gasteiger partial charge in [0, 0.05) is 36.4 Å². The number of fused-ring (bicyclic) bond motifs is 1. The molecule has 0 fully saturated rings. The van der Waals surface area contributed by atoms with Gasteiger partial charge < -0.3 is 9.72 Å². The summed E-state index contributed by atoms with van der Waals surface area (Å²) in [5, 5.41) is 0. The highest BCUT2D eigenvalue weighted by Gasteiger charge is 2.24. The van der Waals surface area contributed by atoms with E-state index in [1.165, 1.54) is 0 Å². The van der Waals surface area contributed by atoms with Crippen LogP contribution in [0.25, 0.3) is 0 Å². The Hall–Kier alpha value is -3.14. The minimum Gasteiger partial charge on any atom is -0.485 e. The minimum absolute atomic E-state index is 0.173. The summed E-state index contributed by atoms with van der Waals surface area (Å²) in [6, 6.07) is 14.0. The number of carbonyl (C=O) groups excluding carboxylic acids is 1. The lowest BCUT2D eigenvalue weighted by molar-refractivity contribution is 0.0972. The fourth-order valence-corrected chi connectivity index (χ4v) is 3.89. The molecule has 4 heteroatoms. The lowest BCUT2D eigenvalue weighted by Gasteiger charge is -2.25. The van der Waals surface area contributed by atoms with Crippen molar-refractivity contribution in [2.24, 2.45) is 0 Å². The maximum absolute atomic E-state index is 12.3. The zero-order valence-electron chi connectivity index (χ0n) is 15.9. The second-order valence-corrected chi connectivity index (χ2v) is 7.10. The number of rotatable bonds is 7. The molecule has 0 amide bonds. The molecule has 1 heterocycles. The predicted molar refractivity (Wildman–Crippen MR) is 110 cm³/mol. The van der Waals surface area contributed by atoms with E-state index in [9.17, 15) is 4.79 Å². The monoisotopic (exact) mass is 372 g/mol. The predicted octanol–water partition coefficient (Wildman–Crippen LogP) is 5.02. The highest BCUT2D eigenvalue weighted by Crippen LogP contribution is 2.35. The molecule has 1 atom stereocenters. The number of imidazole rings is 1. The number of hydrogen-bond donors (Lipinski definition) is 1. The second-order valence-electron chi connectivity index (χ2n) is 7.10. The molecule has 0 saturated heterocycles. The SMILES string of the molecule is C=CCc1c(O[C@@H](Cc2ncc[nH]2)c2ccccc2)ccc2c1CCCC2=O. The number of ketones is 1.